The van der Waals surface area contributed by atoms with Gasteiger partial charge < -0.3 is 10.1 Å². The van der Waals surface area contributed by atoms with Crippen molar-refractivity contribution in [2.24, 2.45) is 0 Å². The highest BCUT2D eigenvalue weighted by atomic mass is 16.5. The van der Waals surface area contributed by atoms with Crippen LogP contribution < -0.4 is 10.1 Å². The van der Waals surface area contributed by atoms with Gasteiger partial charge >= 0.3 is 6.03 Å². The maximum absolute atomic E-state index is 12.3. The smallest absolute Gasteiger partial charge is 0.329 e. The highest BCUT2D eigenvalue weighted by molar-refractivity contribution is 6.13. The predicted molar refractivity (Wildman–Crippen MR) is 113 cm³/mol. The lowest BCUT2D eigenvalue weighted by molar-refractivity contribution is -0.122. The van der Waals surface area contributed by atoms with Crippen molar-refractivity contribution in [3.8, 4) is 5.75 Å². The number of hydrogen-bond acceptors (Lipinski definition) is 3. The van der Waals surface area contributed by atoms with E-state index in [0.29, 0.717) is 18.8 Å². The molecule has 1 aliphatic rings. The highest BCUT2D eigenvalue weighted by Gasteiger charge is 2.32. The fourth-order valence-electron chi connectivity index (χ4n) is 3.32. The molecule has 5 heteroatoms. The molecular formula is C24H22N2O3. The van der Waals surface area contributed by atoms with Crippen LogP contribution in [0.5, 0.6) is 5.75 Å². The molecule has 0 saturated carbocycles. The van der Waals surface area contributed by atoms with Crippen molar-refractivity contribution < 1.29 is 14.3 Å². The number of nitrogens with zero attached hydrogens (tertiary/aromatic N) is 1. The molecule has 0 radical (unpaired) electrons. The fourth-order valence-corrected chi connectivity index (χ4v) is 3.32. The number of carbonyl (C=O) groups is 2. The number of nitrogens with one attached hydrogen (secondary N) is 1. The van der Waals surface area contributed by atoms with Crippen molar-refractivity contribution in [2.75, 3.05) is 6.54 Å². The van der Waals surface area contributed by atoms with Gasteiger partial charge in [0.05, 0.1) is 0 Å². The van der Waals surface area contributed by atoms with Gasteiger partial charge in [-0.3, -0.25) is 9.69 Å². The van der Waals surface area contributed by atoms with Crippen LogP contribution in [0.3, 0.4) is 0 Å². The average molecular weight is 386 g/mol. The SMILES string of the molecule is CCCN1C(=O)N/C(=C/c2ccc(OCc3ccc4ccccc4c3)cc2)C1=O. The van der Waals surface area contributed by atoms with Crippen molar-refractivity contribution in [1.82, 2.24) is 10.2 Å². The van der Waals surface area contributed by atoms with Crippen LogP contribution in [0.1, 0.15) is 24.5 Å². The molecule has 0 spiro atoms. The van der Waals surface area contributed by atoms with Gasteiger partial charge in [0.15, 0.2) is 0 Å². The normalized spacial score (nSPS) is 15.2. The molecule has 29 heavy (non-hydrogen) atoms. The molecule has 0 unspecified atom stereocenters. The summed E-state index contributed by atoms with van der Waals surface area (Å²) in [5.41, 5.74) is 2.23. The van der Waals surface area contributed by atoms with Crippen LogP contribution in [0.4, 0.5) is 4.79 Å². The third-order valence-corrected chi connectivity index (χ3v) is 4.82. The zero-order valence-electron chi connectivity index (χ0n) is 16.2. The summed E-state index contributed by atoms with van der Waals surface area (Å²) >= 11 is 0. The molecule has 0 aromatic heterocycles. The van der Waals surface area contributed by atoms with E-state index in [1.165, 1.54) is 15.7 Å². The molecular weight excluding hydrogens is 364 g/mol. The molecule has 4 rings (SSSR count). The predicted octanol–water partition coefficient (Wildman–Crippen LogP) is 4.72. The van der Waals surface area contributed by atoms with Gasteiger partial charge in [-0.15, -0.1) is 0 Å². The van der Waals surface area contributed by atoms with Crippen molar-refractivity contribution in [3.05, 3.63) is 83.6 Å². The first-order chi connectivity index (χ1) is 14.1. The Morgan fingerprint density at radius 3 is 2.48 bits per heavy atom. The van der Waals surface area contributed by atoms with Crippen LogP contribution in [-0.4, -0.2) is 23.4 Å². The lowest BCUT2D eigenvalue weighted by Crippen LogP contribution is -2.31. The van der Waals surface area contributed by atoms with Crippen LogP contribution in [0.2, 0.25) is 0 Å². The quantitative estimate of drug-likeness (QED) is 0.493. The summed E-state index contributed by atoms with van der Waals surface area (Å²) in [6.45, 7) is 2.83. The zero-order chi connectivity index (χ0) is 20.2. The van der Waals surface area contributed by atoms with E-state index in [2.05, 4.69) is 35.6 Å². The minimum atomic E-state index is -0.363. The Kier molecular flexibility index (Phi) is 5.29. The van der Waals surface area contributed by atoms with Gasteiger partial charge in [0.1, 0.15) is 18.1 Å². The molecule has 3 amide bonds. The van der Waals surface area contributed by atoms with E-state index in [0.717, 1.165) is 23.3 Å². The van der Waals surface area contributed by atoms with Gasteiger partial charge in [0.25, 0.3) is 5.91 Å². The summed E-state index contributed by atoms with van der Waals surface area (Å²) in [6.07, 6.45) is 2.42. The monoisotopic (exact) mass is 386 g/mol. The Hall–Kier alpha value is -3.60. The van der Waals surface area contributed by atoms with E-state index in [1.54, 1.807) is 6.08 Å². The number of amides is 3. The van der Waals surface area contributed by atoms with Gasteiger partial charge in [0.2, 0.25) is 0 Å². The van der Waals surface area contributed by atoms with E-state index in [-0.39, 0.29) is 11.9 Å². The van der Waals surface area contributed by atoms with Gasteiger partial charge in [0, 0.05) is 6.54 Å². The largest absolute Gasteiger partial charge is 0.489 e. The molecule has 0 atom stereocenters. The number of rotatable bonds is 6. The van der Waals surface area contributed by atoms with Crippen LogP contribution in [0, 0.1) is 0 Å². The zero-order valence-corrected chi connectivity index (χ0v) is 16.2. The van der Waals surface area contributed by atoms with Gasteiger partial charge in [-0.05, 0) is 52.6 Å². The molecule has 1 aliphatic heterocycles. The summed E-state index contributed by atoms with van der Waals surface area (Å²) in [5, 5.41) is 5.03. The summed E-state index contributed by atoms with van der Waals surface area (Å²) in [5.74, 6) is 0.461. The van der Waals surface area contributed by atoms with Gasteiger partial charge in [-0.25, -0.2) is 4.79 Å². The second-order valence-corrected chi connectivity index (χ2v) is 6.98. The second kappa shape index (κ2) is 8.19. The van der Waals surface area contributed by atoms with Crippen LogP contribution >= 0.6 is 0 Å². The number of urea groups is 1. The van der Waals surface area contributed by atoms with Crippen LogP contribution in [-0.2, 0) is 11.4 Å². The number of benzene rings is 3. The maximum atomic E-state index is 12.3. The maximum Gasteiger partial charge on any atom is 0.329 e. The Balaban J connectivity index is 1.41. The van der Waals surface area contributed by atoms with Crippen molar-refractivity contribution >= 4 is 28.8 Å². The molecule has 0 aliphatic carbocycles. The first kappa shape index (κ1) is 18.7. The molecule has 146 valence electrons. The number of hydrogen-bond donors (Lipinski definition) is 1. The third kappa shape index (κ3) is 4.14. The Morgan fingerprint density at radius 1 is 0.966 bits per heavy atom. The molecule has 3 aromatic carbocycles. The number of ether oxygens (including phenoxy) is 1. The van der Waals surface area contributed by atoms with Crippen LogP contribution in [0.15, 0.2) is 72.4 Å². The first-order valence-electron chi connectivity index (χ1n) is 9.69. The Morgan fingerprint density at radius 2 is 1.72 bits per heavy atom. The third-order valence-electron chi connectivity index (χ3n) is 4.82. The standard InChI is InChI=1S/C24H22N2O3/c1-2-13-26-23(27)22(25-24(26)28)15-17-8-11-21(12-9-17)29-16-18-7-10-19-5-3-4-6-20(19)14-18/h3-12,14-15H,2,13,16H2,1H3,(H,25,28)/b22-15+. The molecule has 1 heterocycles. The topological polar surface area (TPSA) is 58.6 Å². The fraction of sp³-hybridized carbons (Fsp3) is 0.167. The van der Waals surface area contributed by atoms with E-state index >= 15 is 0 Å². The number of fused-ring (bicyclic) bond motifs is 1. The highest BCUT2D eigenvalue weighted by Crippen LogP contribution is 2.20. The van der Waals surface area contributed by atoms with E-state index in [1.807, 2.05) is 43.3 Å². The summed E-state index contributed by atoms with van der Waals surface area (Å²) < 4.78 is 5.89. The summed E-state index contributed by atoms with van der Waals surface area (Å²) in [4.78, 5) is 25.4. The molecule has 3 aromatic rings. The summed E-state index contributed by atoms with van der Waals surface area (Å²) in [6, 6.07) is 21.6. The minimum absolute atomic E-state index is 0.284. The Labute approximate surface area is 169 Å². The average Bonchev–Trinajstić information content (AvgIpc) is 3.01. The van der Waals surface area contributed by atoms with Crippen molar-refractivity contribution in [1.29, 1.82) is 0 Å². The molecule has 1 N–H and O–H groups in total. The molecule has 0 bridgehead atoms. The van der Waals surface area contributed by atoms with E-state index in [9.17, 15) is 9.59 Å². The Bertz CT molecular complexity index is 1090. The lowest BCUT2D eigenvalue weighted by atomic mass is 10.1. The molecule has 5 nitrogen and oxygen atoms in total. The van der Waals surface area contributed by atoms with Gasteiger partial charge in [-0.1, -0.05) is 55.5 Å². The van der Waals surface area contributed by atoms with E-state index < -0.39 is 0 Å². The van der Waals surface area contributed by atoms with Gasteiger partial charge in [-0.2, -0.15) is 0 Å². The number of carbonyl (C=O) groups excluding carboxylic acids is 2. The second-order valence-electron chi connectivity index (χ2n) is 6.98. The lowest BCUT2D eigenvalue weighted by Gasteiger charge is -2.09. The molecule has 1 saturated heterocycles. The van der Waals surface area contributed by atoms with E-state index in [4.69, 9.17) is 4.74 Å². The number of imide groups is 1. The minimum Gasteiger partial charge on any atom is -0.489 e. The van der Waals surface area contributed by atoms with Crippen LogP contribution in [0.25, 0.3) is 16.8 Å². The first-order valence-corrected chi connectivity index (χ1v) is 9.69. The molecule has 1 fully saturated rings. The summed E-state index contributed by atoms with van der Waals surface area (Å²) in [7, 11) is 0. The van der Waals surface area contributed by atoms with Crippen molar-refractivity contribution in [2.45, 2.75) is 20.0 Å². The van der Waals surface area contributed by atoms with Crippen molar-refractivity contribution in [3.63, 3.8) is 0 Å².